The number of carbonyl (C=O) groups excluding carboxylic acids is 1. The standard InChI is InChI=1S/C25H22F3N3O3S/c26-25(27,28)18-8-11-20-21(15-31-22(20)14-18)24(32)23(17-4-2-1-3-5-17)30-13-12-16-6-9-19(10-7-16)35(29,33)34/h1-11,14-15,23,30-31H,12-13H2,(H2,29,33,34). The van der Waals surface area contributed by atoms with Gasteiger partial charge in [-0.25, -0.2) is 13.6 Å². The zero-order chi connectivity index (χ0) is 25.2. The second-order valence-corrected chi connectivity index (χ2v) is 9.62. The van der Waals surface area contributed by atoms with E-state index in [1.807, 2.05) is 6.07 Å². The molecule has 0 aliphatic heterocycles. The molecule has 182 valence electrons. The van der Waals surface area contributed by atoms with Gasteiger partial charge in [0.05, 0.1) is 16.5 Å². The normalized spacial score (nSPS) is 13.1. The van der Waals surface area contributed by atoms with E-state index in [2.05, 4.69) is 10.3 Å². The number of halogens is 3. The fraction of sp³-hybridized carbons (Fsp3) is 0.160. The Morgan fingerprint density at radius 2 is 1.69 bits per heavy atom. The summed E-state index contributed by atoms with van der Waals surface area (Å²) in [5.74, 6) is -0.285. The van der Waals surface area contributed by atoms with Gasteiger partial charge in [0.1, 0.15) is 0 Å². The van der Waals surface area contributed by atoms with Gasteiger partial charge in [-0.15, -0.1) is 0 Å². The van der Waals surface area contributed by atoms with E-state index < -0.39 is 27.8 Å². The predicted octanol–water partition coefficient (Wildman–Crippen LogP) is 4.59. The highest BCUT2D eigenvalue weighted by Crippen LogP contribution is 2.33. The maximum absolute atomic E-state index is 13.5. The third kappa shape index (κ3) is 5.61. The largest absolute Gasteiger partial charge is 0.416 e. The number of nitrogens with two attached hydrogens (primary N) is 1. The number of rotatable bonds is 8. The molecular weight excluding hydrogens is 479 g/mol. The highest BCUT2D eigenvalue weighted by Gasteiger charge is 2.31. The summed E-state index contributed by atoms with van der Waals surface area (Å²) in [5.41, 5.74) is 1.27. The van der Waals surface area contributed by atoms with Crippen LogP contribution in [0.4, 0.5) is 13.2 Å². The summed E-state index contributed by atoms with van der Waals surface area (Å²) in [6.07, 6.45) is -2.55. The highest BCUT2D eigenvalue weighted by atomic mass is 32.2. The molecule has 0 aliphatic carbocycles. The first-order valence-electron chi connectivity index (χ1n) is 10.7. The second-order valence-electron chi connectivity index (χ2n) is 8.06. The van der Waals surface area contributed by atoms with Crippen LogP contribution in [0.1, 0.15) is 33.1 Å². The number of carbonyl (C=O) groups is 1. The number of aromatic amines is 1. The summed E-state index contributed by atoms with van der Waals surface area (Å²) in [4.78, 5) is 16.3. The van der Waals surface area contributed by atoms with Crippen molar-refractivity contribution in [2.75, 3.05) is 6.54 Å². The molecule has 1 heterocycles. The topological polar surface area (TPSA) is 105 Å². The molecule has 0 saturated carbocycles. The first-order chi connectivity index (χ1) is 16.5. The van der Waals surface area contributed by atoms with E-state index >= 15 is 0 Å². The van der Waals surface area contributed by atoms with Crippen molar-refractivity contribution in [3.05, 3.63) is 101 Å². The summed E-state index contributed by atoms with van der Waals surface area (Å²) in [6, 6.07) is 17.7. The molecule has 0 amide bonds. The van der Waals surface area contributed by atoms with E-state index in [1.165, 1.54) is 24.4 Å². The minimum Gasteiger partial charge on any atom is -0.360 e. The van der Waals surface area contributed by atoms with Gasteiger partial charge in [0.25, 0.3) is 0 Å². The van der Waals surface area contributed by atoms with Gasteiger partial charge in [-0.1, -0.05) is 48.5 Å². The zero-order valence-electron chi connectivity index (χ0n) is 18.3. The van der Waals surface area contributed by atoms with Crippen molar-refractivity contribution in [1.82, 2.24) is 10.3 Å². The Balaban J connectivity index is 1.56. The van der Waals surface area contributed by atoms with Crippen LogP contribution in [0.5, 0.6) is 0 Å². The van der Waals surface area contributed by atoms with Crippen LogP contribution < -0.4 is 10.5 Å². The van der Waals surface area contributed by atoms with Gasteiger partial charge in [0, 0.05) is 29.2 Å². The number of sulfonamides is 1. The number of benzene rings is 3. The van der Waals surface area contributed by atoms with E-state index in [-0.39, 0.29) is 21.8 Å². The number of fused-ring (bicyclic) bond motifs is 1. The molecular formula is C25H22F3N3O3S. The van der Waals surface area contributed by atoms with Crippen LogP contribution in [0.2, 0.25) is 0 Å². The van der Waals surface area contributed by atoms with Crippen molar-refractivity contribution in [1.29, 1.82) is 0 Å². The van der Waals surface area contributed by atoms with Crippen LogP contribution in [-0.4, -0.2) is 25.7 Å². The molecule has 0 radical (unpaired) electrons. The van der Waals surface area contributed by atoms with Crippen LogP contribution in [0, 0.1) is 0 Å². The minimum absolute atomic E-state index is 0.0135. The van der Waals surface area contributed by atoms with Crippen molar-refractivity contribution in [2.24, 2.45) is 5.14 Å². The van der Waals surface area contributed by atoms with Gasteiger partial charge in [0.2, 0.25) is 10.0 Å². The molecule has 35 heavy (non-hydrogen) atoms. The summed E-state index contributed by atoms with van der Waals surface area (Å²) >= 11 is 0. The minimum atomic E-state index is -4.48. The molecule has 0 fully saturated rings. The van der Waals surface area contributed by atoms with Gasteiger partial charge in [-0.05, 0) is 41.8 Å². The molecule has 6 nitrogen and oxygen atoms in total. The lowest BCUT2D eigenvalue weighted by Gasteiger charge is -2.18. The molecule has 1 aromatic heterocycles. The molecule has 4 rings (SSSR count). The van der Waals surface area contributed by atoms with E-state index in [0.29, 0.717) is 23.9 Å². The quantitative estimate of drug-likeness (QED) is 0.307. The SMILES string of the molecule is NS(=O)(=O)c1ccc(CCNC(C(=O)c2c[nH]c3cc(C(F)(F)F)ccc23)c2ccccc2)cc1. The molecule has 0 saturated heterocycles. The van der Waals surface area contributed by atoms with Gasteiger partial charge in [-0.3, -0.25) is 4.79 Å². The van der Waals surface area contributed by atoms with Gasteiger partial charge >= 0.3 is 6.18 Å². The van der Waals surface area contributed by atoms with E-state index in [9.17, 15) is 26.4 Å². The fourth-order valence-corrected chi connectivity index (χ4v) is 4.39. The average Bonchev–Trinajstić information content (AvgIpc) is 3.25. The summed E-state index contributed by atoms with van der Waals surface area (Å²) in [7, 11) is -3.78. The van der Waals surface area contributed by atoms with Crippen LogP contribution in [0.3, 0.4) is 0 Å². The fourth-order valence-electron chi connectivity index (χ4n) is 3.88. The Labute approximate surface area is 200 Å². The number of H-pyrrole nitrogens is 1. The molecule has 1 unspecified atom stereocenters. The predicted molar refractivity (Wildman–Crippen MR) is 126 cm³/mol. The van der Waals surface area contributed by atoms with Gasteiger partial charge < -0.3 is 10.3 Å². The van der Waals surface area contributed by atoms with E-state index in [1.54, 1.807) is 36.4 Å². The van der Waals surface area contributed by atoms with Crippen molar-refractivity contribution >= 4 is 26.7 Å². The molecule has 0 aliphatic rings. The van der Waals surface area contributed by atoms with Crippen molar-refractivity contribution in [3.63, 3.8) is 0 Å². The van der Waals surface area contributed by atoms with Gasteiger partial charge in [-0.2, -0.15) is 13.2 Å². The Bertz CT molecular complexity index is 1450. The molecule has 3 aromatic carbocycles. The monoisotopic (exact) mass is 501 g/mol. The third-order valence-electron chi connectivity index (χ3n) is 5.68. The number of hydrogen-bond acceptors (Lipinski definition) is 4. The first-order valence-corrected chi connectivity index (χ1v) is 12.2. The highest BCUT2D eigenvalue weighted by molar-refractivity contribution is 7.89. The Hall–Kier alpha value is -3.47. The number of alkyl halides is 3. The maximum Gasteiger partial charge on any atom is 0.416 e. The van der Waals surface area contributed by atoms with Crippen molar-refractivity contribution < 1.29 is 26.4 Å². The lowest BCUT2D eigenvalue weighted by Crippen LogP contribution is -2.30. The number of aromatic nitrogens is 1. The molecule has 4 N–H and O–H groups in total. The summed E-state index contributed by atoms with van der Waals surface area (Å²) < 4.78 is 62.0. The smallest absolute Gasteiger partial charge is 0.360 e. The Kier molecular flexibility index (Phi) is 6.79. The third-order valence-corrected chi connectivity index (χ3v) is 6.61. The Morgan fingerprint density at radius 3 is 2.31 bits per heavy atom. The zero-order valence-corrected chi connectivity index (χ0v) is 19.2. The number of primary sulfonamides is 1. The number of hydrogen-bond donors (Lipinski definition) is 3. The lowest BCUT2D eigenvalue weighted by atomic mass is 9.96. The second kappa shape index (κ2) is 9.65. The summed E-state index contributed by atoms with van der Waals surface area (Å²) in [5, 5.41) is 8.76. The van der Waals surface area contributed by atoms with Crippen LogP contribution in [-0.2, 0) is 22.6 Å². The van der Waals surface area contributed by atoms with Crippen LogP contribution in [0.25, 0.3) is 10.9 Å². The number of nitrogens with one attached hydrogen (secondary N) is 2. The first kappa shape index (κ1) is 24.6. The van der Waals surface area contributed by atoms with E-state index in [4.69, 9.17) is 5.14 Å². The lowest BCUT2D eigenvalue weighted by molar-refractivity contribution is -0.137. The van der Waals surface area contributed by atoms with Gasteiger partial charge in [0.15, 0.2) is 5.78 Å². The Morgan fingerprint density at radius 1 is 1.00 bits per heavy atom. The molecule has 0 spiro atoms. The molecule has 4 aromatic rings. The van der Waals surface area contributed by atoms with Crippen molar-refractivity contribution in [2.45, 2.75) is 23.5 Å². The van der Waals surface area contributed by atoms with Crippen molar-refractivity contribution in [3.8, 4) is 0 Å². The average molecular weight is 502 g/mol. The van der Waals surface area contributed by atoms with Crippen LogP contribution in [0.15, 0.2) is 83.9 Å². The molecule has 1 atom stereocenters. The molecule has 0 bridgehead atoms. The van der Waals surface area contributed by atoms with Crippen LogP contribution >= 0.6 is 0 Å². The maximum atomic E-state index is 13.5. The summed E-state index contributed by atoms with van der Waals surface area (Å²) in [6.45, 7) is 0.389. The molecule has 10 heteroatoms. The number of Topliss-reactive ketones (excluding diaryl/α,β-unsaturated/α-hetero) is 1. The number of ketones is 1. The van der Waals surface area contributed by atoms with E-state index in [0.717, 1.165) is 17.7 Å².